The maximum atomic E-state index is 10.5. The Labute approximate surface area is 94.4 Å². The molecule has 0 amide bonds. The summed E-state index contributed by atoms with van der Waals surface area (Å²) >= 11 is 3.16. The van der Waals surface area contributed by atoms with Gasteiger partial charge in [0.05, 0.1) is 4.92 Å². The predicted octanol–water partition coefficient (Wildman–Crippen LogP) is 2.98. The Balaban J connectivity index is 0.00000144. The third kappa shape index (κ3) is 2.96. The molecule has 0 aromatic heterocycles. The first-order chi connectivity index (χ1) is 5.65. The third-order valence-corrected chi connectivity index (χ3v) is 1.92. The van der Waals surface area contributed by atoms with Crippen LogP contribution in [0.5, 0.6) is 0 Å². The number of anilines is 1. The number of halogens is 2. The van der Waals surface area contributed by atoms with E-state index in [1.54, 1.807) is 19.2 Å². The minimum Gasteiger partial charge on any atom is -0.383 e. The summed E-state index contributed by atoms with van der Waals surface area (Å²) in [4.78, 5) is 10.1. The van der Waals surface area contributed by atoms with Gasteiger partial charge in [0.25, 0.3) is 5.69 Å². The molecule has 0 aliphatic rings. The molecule has 0 bridgehead atoms. The number of nitro benzene ring substituents is 1. The molecule has 1 N–H and O–H groups in total. The molecule has 0 saturated carbocycles. The maximum Gasteiger partial charge on any atom is 0.293 e. The van der Waals surface area contributed by atoms with Gasteiger partial charge in [-0.05, 0) is 12.1 Å². The number of benzene rings is 1. The molecular formula is C7H8Br2N2O2. The van der Waals surface area contributed by atoms with Gasteiger partial charge in [-0.2, -0.15) is 0 Å². The second-order valence-electron chi connectivity index (χ2n) is 2.17. The van der Waals surface area contributed by atoms with Gasteiger partial charge in [0.1, 0.15) is 5.69 Å². The lowest BCUT2D eigenvalue weighted by Crippen LogP contribution is -1.95. The molecule has 0 aliphatic heterocycles. The summed E-state index contributed by atoms with van der Waals surface area (Å²) in [6.45, 7) is 0. The van der Waals surface area contributed by atoms with Crippen LogP contribution >= 0.6 is 32.9 Å². The van der Waals surface area contributed by atoms with Crippen LogP contribution in [0.25, 0.3) is 0 Å². The fourth-order valence-electron chi connectivity index (χ4n) is 0.867. The lowest BCUT2D eigenvalue weighted by Gasteiger charge is -2.00. The van der Waals surface area contributed by atoms with E-state index in [2.05, 4.69) is 21.2 Å². The van der Waals surface area contributed by atoms with E-state index in [0.29, 0.717) is 10.2 Å². The van der Waals surface area contributed by atoms with Gasteiger partial charge < -0.3 is 5.32 Å². The van der Waals surface area contributed by atoms with Gasteiger partial charge in [0.15, 0.2) is 0 Å². The number of nitrogens with one attached hydrogen (secondary N) is 1. The summed E-state index contributed by atoms with van der Waals surface area (Å²) < 4.78 is 0.702. The van der Waals surface area contributed by atoms with Crippen LogP contribution in [0.1, 0.15) is 0 Å². The summed E-state index contributed by atoms with van der Waals surface area (Å²) in [5.74, 6) is 0. The molecule has 6 heteroatoms. The minimum atomic E-state index is -0.420. The highest BCUT2D eigenvalue weighted by Gasteiger charge is 2.11. The zero-order chi connectivity index (χ0) is 9.14. The van der Waals surface area contributed by atoms with Crippen molar-refractivity contribution in [3.8, 4) is 0 Å². The average Bonchev–Trinajstić information content (AvgIpc) is 2.04. The molecule has 0 saturated heterocycles. The van der Waals surface area contributed by atoms with Gasteiger partial charge in [0.2, 0.25) is 0 Å². The predicted molar refractivity (Wildman–Crippen MR) is 60.7 cm³/mol. The smallest absolute Gasteiger partial charge is 0.293 e. The van der Waals surface area contributed by atoms with E-state index in [1.165, 1.54) is 6.07 Å². The largest absolute Gasteiger partial charge is 0.383 e. The first-order valence-corrected chi connectivity index (χ1v) is 4.06. The van der Waals surface area contributed by atoms with Crippen molar-refractivity contribution in [2.75, 3.05) is 12.4 Å². The van der Waals surface area contributed by atoms with Crippen LogP contribution in [-0.4, -0.2) is 12.0 Å². The monoisotopic (exact) mass is 310 g/mol. The van der Waals surface area contributed by atoms with Crippen molar-refractivity contribution in [3.05, 3.63) is 32.8 Å². The van der Waals surface area contributed by atoms with Gasteiger partial charge in [-0.1, -0.05) is 15.9 Å². The molecule has 0 aliphatic carbocycles. The lowest BCUT2D eigenvalue weighted by molar-refractivity contribution is -0.384. The molecule has 0 heterocycles. The van der Waals surface area contributed by atoms with E-state index in [9.17, 15) is 10.1 Å². The molecule has 1 aromatic carbocycles. The van der Waals surface area contributed by atoms with Crippen molar-refractivity contribution >= 4 is 44.3 Å². The highest BCUT2D eigenvalue weighted by atomic mass is 79.9. The number of hydrogen-bond donors (Lipinski definition) is 1. The quantitative estimate of drug-likeness (QED) is 0.675. The van der Waals surface area contributed by atoms with Crippen LogP contribution in [0, 0.1) is 10.1 Å². The maximum absolute atomic E-state index is 10.5. The normalized spacial score (nSPS) is 8.77. The van der Waals surface area contributed by atoms with Crippen LogP contribution < -0.4 is 5.32 Å². The van der Waals surface area contributed by atoms with Crippen molar-refractivity contribution in [1.29, 1.82) is 0 Å². The molecule has 4 nitrogen and oxygen atoms in total. The van der Waals surface area contributed by atoms with Crippen molar-refractivity contribution in [3.63, 3.8) is 0 Å². The van der Waals surface area contributed by atoms with Crippen LogP contribution in [-0.2, 0) is 0 Å². The third-order valence-electron chi connectivity index (χ3n) is 1.43. The fourth-order valence-corrected chi connectivity index (χ4v) is 1.22. The molecule has 13 heavy (non-hydrogen) atoms. The molecule has 0 fully saturated rings. The highest BCUT2D eigenvalue weighted by Crippen LogP contribution is 2.27. The number of rotatable bonds is 2. The van der Waals surface area contributed by atoms with Crippen LogP contribution in [0.2, 0.25) is 0 Å². The summed E-state index contributed by atoms with van der Waals surface area (Å²) in [5.41, 5.74) is 0.593. The van der Waals surface area contributed by atoms with Crippen molar-refractivity contribution in [1.82, 2.24) is 0 Å². The topological polar surface area (TPSA) is 55.2 Å². The Hall–Kier alpha value is -0.620. The summed E-state index contributed by atoms with van der Waals surface area (Å²) in [7, 11) is 1.65. The second-order valence-corrected chi connectivity index (χ2v) is 3.08. The van der Waals surface area contributed by atoms with Gasteiger partial charge in [-0.3, -0.25) is 10.1 Å². The molecule has 1 aromatic rings. The molecular weight excluding hydrogens is 304 g/mol. The molecule has 1 rings (SSSR count). The van der Waals surface area contributed by atoms with Gasteiger partial charge in [-0.25, -0.2) is 0 Å². The number of nitrogens with zero attached hydrogens (tertiary/aromatic N) is 1. The number of hydrogen-bond acceptors (Lipinski definition) is 3. The first kappa shape index (κ1) is 12.4. The first-order valence-electron chi connectivity index (χ1n) is 3.27. The van der Waals surface area contributed by atoms with Crippen LogP contribution in [0.3, 0.4) is 0 Å². The van der Waals surface area contributed by atoms with Crippen LogP contribution in [0.4, 0.5) is 11.4 Å². The number of nitro groups is 1. The summed E-state index contributed by atoms with van der Waals surface area (Å²) in [6, 6.07) is 4.87. The standard InChI is InChI=1S/C7H7BrN2O2.BrH/c1-9-6-3-2-5(8)4-7(6)10(11)12;/h2-4,9H,1H3;1H. The van der Waals surface area contributed by atoms with E-state index >= 15 is 0 Å². The zero-order valence-electron chi connectivity index (χ0n) is 6.78. The van der Waals surface area contributed by atoms with Gasteiger partial charge in [0, 0.05) is 17.6 Å². The SMILES string of the molecule is Br.CNc1ccc(Br)cc1[N+](=O)[O-]. The Morgan fingerprint density at radius 3 is 2.62 bits per heavy atom. The Morgan fingerprint density at radius 1 is 1.54 bits per heavy atom. The van der Waals surface area contributed by atoms with Crippen molar-refractivity contribution in [2.45, 2.75) is 0 Å². The van der Waals surface area contributed by atoms with E-state index < -0.39 is 4.92 Å². The summed E-state index contributed by atoms with van der Waals surface area (Å²) in [6.07, 6.45) is 0. The zero-order valence-corrected chi connectivity index (χ0v) is 10.1. The Kier molecular flexibility index (Phi) is 4.94. The van der Waals surface area contributed by atoms with Crippen molar-refractivity contribution < 1.29 is 4.92 Å². The molecule has 72 valence electrons. The van der Waals surface area contributed by atoms with Gasteiger partial charge in [-0.15, -0.1) is 17.0 Å². The Morgan fingerprint density at radius 2 is 2.15 bits per heavy atom. The highest BCUT2D eigenvalue weighted by molar-refractivity contribution is 9.10. The lowest BCUT2D eigenvalue weighted by atomic mass is 10.3. The molecule has 0 radical (unpaired) electrons. The van der Waals surface area contributed by atoms with Crippen molar-refractivity contribution in [2.24, 2.45) is 0 Å². The Bertz CT molecular complexity index is 317. The van der Waals surface area contributed by atoms with E-state index in [4.69, 9.17) is 0 Å². The van der Waals surface area contributed by atoms with E-state index in [1.807, 2.05) is 0 Å². The molecule has 0 atom stereocenters. The summed E-state index contributed by atoms with van der Waals surface area (Å²) in [5, 5.41) is 13.2. The molecule has 0 spiro atoms. The minimum absolute atomic E-state index is 0. The average molecular weight is 312 g/mol. The van der Waals surface area contributed by atoms with E-state index in [-0.39, 0.29) is 22.7 Å². The van der Waals surface area contributed by atoms with Gasteiger partial charge >= 0.3 is 0 Å². The molecule has 0 unspecified atom stereocenters. The van der Waals surface area contributed by atoms with Crippen LogP contribution in [0.15, 0.2) is 22.7 Å². The van der Waals surface area contributed by atoms with E-state index in [0.717, 1.165) is 0 Å². The second kappa shape index (κ2) is 5.18. The fraction of sp³-hybridized carbons (Fsp3) is 0.143.